The molecule has 2 aromatic rings. The van der Waals surface area contributed by atoms with Crippen LogP contribution >= 0.6 is 0 Å². The second kappa shape index (κ2) is 5.72. The third-order valence-electron chi connectivity index (χ3n) is 4.22. The van der Waals surface area contributed by atoms with Gasteiger partial charge in [-0.1, -0.05) is 61.0 Å². The standard InChI is InChI=1S/C19H21NO/c1-13-4-3-5-17(10-13)16-8-6-15(7-9-16)12-20-19(21)18-11-14(18)2/h3-10,14,18H,11-12H2,1-2H3,(H,20,21). The third-order valence-corrected chi connectivity index (χ3v) is 4.22. The minimum absolute atomic E-state index is 0.199. The Balaban J connectivity index is 1.63. The maximum absolute atomic E-state index is 11.8. The van der Waals surface area contributed by atoms with Crippen molar-refractivity contribution in [1.29, 1.82) is 0 Å². The Kier molecular flexibility index (Phi) is 3.78. The fraction of sp³-hybridized carbons (Fsp3) is 0.316. The SMILES string of the molecule is Cc1cccc(-c2ccc(CNC(=O)C3CC3C)cc2)c1. The Morgan fingerprint density at radius 1 is 1.14 bits per heavy atom. The highest BCUT2D eigenvalue weighted by Crippen LogP contribution is 2.37. The minimum atomic E-state index is 0.199. The summed E-state index contributed by atoms with van der Waals surface area (Å²) in [5, 5.41) is 3.02. The monoisotopic (exact) mass is 279 g/mol. The lowest BCUT2D eigenvalue weighted by Crippen LogP contribution is -2.24. The summed E-state index contributed by atoms with van der Waals surface area (Å²) in [4.78, 5) is 11.8. The van der Waals surface area contributed by atoms with Crippen LogP contribution in [0.4, 0.5) is 0 Å². The summed E-state index contributed by atoms with van der Waals surface area (Å²) in [6.07, 6.45) is 1.04. The van der Waals surface area contributed by atoms with Crippen LogP contribution in [0.5, 0.6) is 0 Å². The molecule has 0 bridgehead atoms. The van der Waals surface area contributed by atoms with Gasteiger partial charge in [0.05, 0.1) is 0 Å². The fourth-order valence-corrected chi connectivity index (χ4v) is 2.65. The Bertz CT molecular complexity index is 645. The van der Waals surface area contributed by atoms with E-state index >= 15 is 0 Å². The lowest BCUT2D eigenvalue weighted by Gasteiger charge is -2.07. The van der Waals surface area contributed by atoms with E-state index in [0.29, 0.717) is 12.5 Å². The Morgan fingerprint density at radius 2 is 1.86 bits per heavy atom. The van der Waals surface area contributed by atoms with Crippen molar-refractivity contribution in [3.8, 4) is 11.1 Å². The maximum atomic E-state index is 11.8. The number of hydrogen-bond donors (Lipinski definition) is 1. The van der Waals surface area contributed by atoms with Gasteiger partial charge in [0, 0.05) is 12.5 Å². The lowest BCUT2D eigenvalue weighted by molar-refractivity contribution is -0.122. The van der Waals surface area contributed by atoms with Gasteiger partial charge in [-0.3, -0.25) is 4.79 Å². The number of carbonyl (C=O) groups excluding carboxylic acids is 1. The van der Waals surface area contributed by atoms with Crippen LogP contribution in [-0.4, -0.2) is 5.91 Å². The molecule has 1 fully saturated rings. The molecule has 0 heterocycles. The Labute approximate surface area is 126 Å². The minimum Gasteiger partial charge on any atom is -0.352 e. The number of nitrogens with one attached hydrogen (secondary N) is 1. The predicted octanol–water partition coefficient (Wildman–Crippen LogP) is 3.93. The average Bonchev–Trinajstić information content (AvgIpc) is 3.22. The highest BCUT2D eigenvalue weighted by atomic mass is 16.2. The highest BCUT2D eigenvalue weighted by Gasteiger charge is 2.38. The number of benzene rings is 2. The van der Waals surface area contributed by atoms with Crippen LogP contribution in [0.3, 0.4) is 0 Å². The van der Waals surface area contributed by atoms with E-state index < -0.39 is 0 Å². The van der Waals surface area contributed by atoms with Gasteiger partial charge < -0.3 is 5.32 Å². The van der Waals surface area contributed by atoms with Crippen LogP contribution in [0.1, 0.15) is 24.5 Å². The second-order valence-corrected chi connectivity index (χ2v) is 6.10. The van der Waals surface area contributed by atoms with E-state index in [-0.39, 0.29) is 11.8 Å². The van der Waals surface area contributed by atoms with Gasteiger partial charge in [-0.25, -0.2) is 0 Å². The second-order valence-electron chi connectivity index (χ2n) is 6.10. The van der Waals surface area contributed by atoms with E-state index in [1.807, 2.05) is 0 Å². The summed E-state index contributed by atoms with van der Waals surface area (Å²) in [6, 6.07) is 16.9. The number of hydrogen-bond acceptors (Lipinski definition) is 1. The first-order valence-corrected chi connectivity index (χ1v) is 7.57. The number of aryl methyl sites for hydroxylation is 1. The van der Waals surface area contributed by atoms with E-state index in [9.17, 15) is 4.79 Å². The molecule has 0 aliphatic heterocycles. The molecule has 1 N–H and O–H groups in total. The number of rotatable bonds is 4. The van der Waals surface area contributed by atoms with E-state index in [2.05, 4.69) is 67.7 Å². The summed E-state index contributed by atoms with van der Waals surface area (Å²) in [7, 11) is 0. The van der Waals surface area contributed by atoms with E-state index in [0.717, 1.165) is 12.0 Å². The van der Waals surface area contributed by atoms with E-state index in [1.54, 1.807) is 0 Å². The van der Waals surface area contributed by atoms with Gasteiger partial charge >= 0.3 is 0 Å². The van der Waals surface area contributed by atoms with Crippen LogP contribution in [0.15, 0.2) is 48.5 Å². The molecule has 1 saturated carbocycles. The molecular weight excluding hydrogens is 258 g/mol. The van der Waals surface area contributed by atoms with Gasteiger partial charge in [-0.2, -0.15) is 0 Å². The van der Waals surface area contributed by atoms with Crippen LogP contribution in [0, 0.1) is 18.8 Å². The van der Waals surface area contributed by atoms with Crippen LogP contribution in [0.2, 0.25) is 0 Å². The molecule has 3 rings (SSSR count). The number of carbonyl (C=O) groups is 1. The third kappa shape index (κ3) is 3.33. The number of amides is 1. The largest absolute Gasteiger partial charge is 0.352 e. The maximum Gasteiger partial charge on any atom is 0.223 e. The molecule has 2 atom stereocenters. The van der Waals surface area contributed by atoms with Gasteiger partial charge in [-0.15, -0.1) is 0 Å². The first kappa shape index (κ1) is 13.9. The van der Waals surface area contributed by atoms with Crippen molar-refractivity contribution in [2.24, 2.45) is 11.8 Å². The first-order valence-electron chi connectivity index (χ1n) is 7.57. The zero-order chi connectivity index (χ0) is 14.8. The van der Waals surface area contributed by atoms with Crippen molar-refractivity contribution >= 4 is 5.91 Å². The van der Waals surface area contributed by atoms with Crippen molar-refractivity contribution in [3.63, 3.8) is 0 Å². The van der Waals surface area contributed by atoms with Gasteiger partial charge in [0.25, 0.3) is 0 Å². The molecule has 0 saturated heterocycles. The summed E-state index contributed by atoms with van der Waals surface area (Å²) in [5.41, 5.74) is 4.86. The molecule has 1 amide bonds. The fourth-order valence-electron chi connectivity index (χ4n) is 2.65. The van der Waals surface area contributed by atoms with Crippen molar-refractivity contribution in [1.82, 2.24) is 5.32 Å². The molecule has 2 aromatic carbocycles. The average molecular weight is 279 g/mol. The van der Waals surface area contributed by atoms with Gasteiger partial charge in [-0.05, 0) is 36.0 Å². The molecule has 2 heteroatoms. The molecule has 1 aliphatic carbocycles. The quantitative estimate of drug-likeness (QED) is 0.902. The molecule has 0 spiro atoms. The van der Waals surface area contributed by atoms with Crippen molar-refractivity contribution in [3.05, 3.63) is 59.7 Å². The van der Waals surface area contributed by atoms with Gasteiger partial charge in [0.1, 0.15) is 0 Å². The van der Waals surface area contributed by atoms with Crippen LogP contribution in [0.25, 0.3) is 11.1 Å². The van der Waals surface area contributed by atoms with Crippen molar-refractivity contribution in [2.75, 3.05) is 0 Å². The summed E-state index contributed by atoms with van der Waals surface area (Å²) < 4.78 is 0. The molecule has 1 aliphatic rings. The summed E-state index contributed by atoms with van der Waals surface area (Å²) in [5.74, 6) is 1.01. The molecule has 2 unspecified atom stereocenters. The predicted molar refractivity (Wildman–Crippen MR) is 85.7 cm³/mol. The van der Waals surface area contributed by atoms with E-state index in [1.165, 1.54) is 16.7 Å². The zero-order valence-corrected chi connectivity index (χ0v) is 12.6. The zero-order valence-electron chi connectivity index (χ0n) is 12.6. The molecule has 21 heavy (non-hydrogen) atoms. The Morgan fingerprint density at radius 3 is 2.48 bits per heavy atom. The molecule has 108 valence electrons. The molecule has 0 radical (unpaired) electrons. The van der Waals surface area contributed by atoms with Crippen LogP contribution < -0.4 is 5.32 Å². The highest BCUT2D eigenvalue weighted by molar-refractivity contribution is 5.81. The smallest absolute Gasteiger partial charge is 0.223 e. The first-order chi connectivity index (χ1) is 10.1. The van der Waals surface area contributed by atoms with Gasteiger partial charge in [0.15, 0.2) is 0 Å². The molecular formula is C19H21NO. The molecule has 2 nitrogen and oxygen atoms in total. The van der Waals surface area contributed by atoms with Crippen molar-refractivity contribution in [2.45, 2.75) is 26.8 Å². The summed E-state index contributed by atoms with van der Waals surface area (Å²) >= 11 is 0. The normalized spacial score (nSPS) is 20.1. The van der Waals surface area contributed by atoms with Crippen molar-refractivity contribution < 1.29 is 4.79 Å². The molecule has 0 aromatic heterocycles. The lowest BCUT2D eigenvalue weighted by atomic mass is 10.0. The Hall–Kier alpha value is -2.09. The summed E-state index contributed by atoms with van der Waals surface area (Å²) in [6.45, 7) is 4.85. The van der Waals surface area contributed by atoms with Crippen LogP contribution in [-0.2, 0) is 11.3 Å². The van der Waals surface area contributed by atoms with E-state index in [4.69, 9.17) is 0 Å². The topological polar surface area (TPSA) is 29.1 Å². The van der Waals surface area contributed by atoms with Gasteiger partial charge in [0.2, 0.25) is 5.91 Å².